The molecule has 0 aliphatic heterocycles. The van der Waals surface area contributed by atoms with Gasteiger partial charge in [0.15, 0.2) is 0 Å². The lowest BCUT2D eigenvalue weighted by Crippen LogP contribution is -2.49. The molecule has 1 aliphatic carbocycles. The number of halogens is 1. The van der Waals surface area contributed by atoms with Gasteiger partial charge in [-0.3, -0.25) is 14.4 Å². The topological polar surface area (TPSA) is 92.7 Å². The van der Waals surface area contributed by atoms with E-state index >= 15 is 0 Å². The summed E-state index contributed by atoms with van der Waals surface area (Å²) in [6, 6.07) is 4.57. The number of aliphatic carboxylic acids is 1. The van der Waals surface area contributed by atoms with Crippen molar-refractivity contribution in [3.05, 3.63) is 28.2 Å². The number of rotatable bonds is 6. The van der Waals surface area contributed by atoms with Crippen LogP contribution < -0.4 is 10.1 Å². The third-order valence-corrected chi connectivity index (χ3v) is 4.28. The van der Waals surface area contributed by atoms with Crippen LogP contribution in [-0.4, -0.2) is 35.9 Å². The van der Waals surface area contributed by atoms with E-state index in [-0.39, 0.29) is 23.9 Å². The number of nitrogens with one attached hydrogen (secondary N) is 1. The maximum Gasteiger partial charge on any atom is 0.303 e. The fourth-order valence-electron chi connectivity index (χ4n) is 2.44. The van der Waals surface area contributed by atoms with Gasteiger partial charge in [-0.05, 0) is 37.0 Å². The molecule has 1 amide bonds. The van der Waals surface area contributed by atoms with Crippen molar-refractivity contribution in [2.75, 3.05) is 7.11 Å². The number of carboxylic acids is 1. The van der Waals surface area contributed by atoms with Gasteiger partial charge in [0.2, 0.25) is 0 Å². The van der Waals surface area contributed by atoms with E-state index in [1.165, 1.54) is 13.2 Å². The molecule has 1 aliphatic rings. The lowest BCUT2D eigenvalue weighted by atomic mass is 9.77. The standard InChI is InChI=1S/C15H16BrNO5/c1-22-12-5-3-9(16)7-10(12)14(20)15(21)17-11-4-2-8(11)6-13(18)19/h3,5,7-8,11H,2,4,6H2,1H3,(H,17,21)(H,18,19). The molecule has 1 aromatic carbocycles. The zero-order valence-electron chi connectivity index (χ0n) is 12.0. The van der Waals surface area contributed by atoms with Crippen LogP contribution in [-0.2, 0) is 9.59 Å². The third-order valence-electron chi connectivity index (χ3n) is 3.78. The number of methoxy groups -OCH3 is 1. The van der Waals surface area contributed by atoms with Gasteiger partial charge >= 0.3 is 5.97 Å². The molecule has 2 unspecified atom stereocenters. The number of carbonyl (C=O) groups excluding carboxylic acids is 2. The van der Waals surface area contributed by atoms with Crippen molar-refractivity contribution < 1.29 is 24.2 Å². The third kappa shape index (κ3) is 3.65. The number of Topliss-reactive ketones (excluding diaryl/α,β-unsaturated/α-hetero) is 1. The van der Waals surface area contributed by atoms with Gasteiger partial charge in [0.25, 0.3) is 11.7 Å². The van der Waals surface area contributed by atoms with Gasteiger partial charge in [-0.15, -0.1) is 0 Å². The van der Waals surface area contributed by atoms with E-state index in [0.29, 0.717) is 16.6 Å². The summed E-state index contributed by atoms with van der Waals surface area (Å²) in [5, 5.41) is 11.4. The Kier molecular flexibility index (Phi) is 5.18. The zero-order valence-corrected chi connectivity index (χ0v) is 13.6. The first kappa shape index (κ1) is 16.5. The zero-order chi connectivity index (χ0) is 16.3. The number of carbonyl (C=O) groups is 3. The minimum absolute atomic E-state index is 0.000651. The summed E-state index contributed by atoms with van der Waals surface area (Å²) in [7, 11) is 1.42. The van der Waals surface area contributed by atoms with E-state index in [2.05, 4.69) is 21.2 Å². The number of ketones is 1. The van der Waals surface area contributed by atoms with E-state index in [0.717, 1.165) is 6.42 Å². The van der Waals surface area contributed by atoms with Crippen molar-refractivity contribution in [3.63, 3.8) is 0 Å². The number of hydrogen-bond donors (Lipinski definition) is 2. The van der Waals surface area contributed by atoms with Crippen molar-refractivity contribution in [2.24, 2.45) is 5.92 Å². The molecule has 7 heteroatoms. The Bertz CT molecular complexity index is 616. The van der Waals surface area contributed by atoms with Gasteiger partial charge in [-0.2, -0.15) is 0 Å². The number of carboxylic acid groups (broad SMARTS) is 1. The predicted octanol–water partition coefficient (Wildman–Crippen LogP) is 2.01. The highest BCUT2D eigenvalue weighted by molar-refractivity contribution is 9.10. The summed E-state index contributed by atoms with van der Waals surface area (Å²) >= 11 is 3.25. The van der Waals surface area contributed by atoms with E-state index in [4.69, 9.17) is 9.84 Å². The lowest BCUT2D eigenvalue weighted by Gasteiger charge is -2.36. The van der Waals surface area contributed by atoms with Gasteiger partial charge in [0.05, 0.1) is 19.1 Å². The first-order valence-corrected chi connectivity index (χ1v) is 7.62. The second-order valence-corrected chi connectivity index (χ2v) is 6.10. The van der Waals surface area contributed by atoms with Crippen LogP contribution in [0.1, 0.15) is 29.6 Å². The molecule has 0 bridgehead atoms. The number of hydrogen-bond acceptors (Lipinski definition) is 4. The Labute approximate surface area is 136 Å². The van der Waals surface area contributed by atoms with Gasteiger partial charge in [0, 0.05) is 10.5 Å². The van der Waals surface area contributed by atoms with E-state index in [1.807, 2.05) is 0 Å². The number of ether oxygens (including phenoxy) is 1. The number of amides is 1. The molecule has 2 atom stereocenters. The van der Waals surface area contributed by atoms with Crippen LogP contribution in [0.2, 0.25) is 0 Å². The maximum atomic E-state index is 12.3. The summed E-state index contributed by atoms with van der Waals surface area (Å²) in [6.07, 6.45) is 1.43. The molecule has 0 saturated heterocycles. The molecule has 1 fully saturated rings. The minimum atomic E-state index is -0.899. The highest BCUT2D eigenvalue weighted by Gasteiger charge is 2.35. The van der Waals surface area contributed by atoms with Crippen LogP contribution in [0.3, 0.4) is 0 Å². The van der Waals surface area contributed by atoms with Crippen molar-refractivity contribution in [3.8, 4) is 5.75 Å². The fraction of sp³-hybridized carbons (Fsp3) is 0.400. The van der Waals surface area contributed by atoms with Crippen molar-refractivity contribution in [2.45, 2.75) is 25.3 Å². The summed E-state index contributed by atoms with van der Waals surface area (Å²) in [5.41, 5.74) is 0.170. The van der Waals surface area contributed by atoms with Crippen molar-refractivity contribution in [1.29, 1.82) is 0 Å². The first-order valence-electron chi connectivity index (χ1n) is 6.83. The van der Waals surface area contributed by atoms with E-state index in [1.54, 1.807) is 12.1 Å². The highest BCUT2D eigenvalue weighted by Crippen LogP contribution is 2.30. The van der Waals surface area contributed by atoms with Gasteiger partial charge in [0.1, 0.15) is 5.75 Å². The largest absolute Gasteiger partial charge is 0.496 e. The Morgan fingerprint density at radius 1 is 1.36 bits per heavy atom. The van der Waals surface area contributed by atoms with E-state index in [9.17, 15) is 14.4 Å². The lowest BCUT2D eigenvalue weighted by molar-refractivity contribution is -0.139. The molecule has 2 N–H and O–H groups in total. The Morgan fingerprint density at radius 3 is 2.64 bits per heavy atom. The van der Waals surface area contributed by atoms with E-state index < -0.39 is 17.7 Å². The minimum Gasteiger partial charge on any atom is -0.496 e. The second kappa shape index (κ2) is 6.91. The SMILES string of the molecule is COc1ccc(Br)cc1C(=O)C(=O)NC1CCC1CC(=O)O. The average Bonchev–Trinajstić information content (AvgIpc) is 2.48. The molecular weight excluding hydrogens is 354 g/mol. The summed E-state index contributed by atoms with van der Waals surface area (Å²) in [5.74, 6) is -2.13. The first-order chi connectivity index (χ1) is 10.4. The Balaban J connectivity index is 2.05. The molecule has 1 saturated carbocycles. The molecule has 0 heterocycles. The quantitative estimate of drug-likeness (QED) is 0.590. The molecule has 1 aromatic rings. The molecule has 6 nitrogen and oxygen atoms in total. The average molecular weight is 370 g/mol. The summed E-state index contributed by atoms with van der Waals surface area (Å²) in [6.45, 7) is 0. The second-order valence-electron chi connectivity index (χ2n) is 5.19. The molecule has 0 aromatic heterocycles. The van der Waals surface area contributed by atoms with Gasteiger partial charge < -0.3 is 15.2 Å². The fourth-order valence-corrected chi connectivity index (χ4v) is 2.80. The van der Waals surface area contributed by atoms with Gasteiger partial charge in [-0.1, -0.05) is 15.9 Å². The maximum absolute atomic E-state index is 12.3. The smallest absolute Gasteiger partial charge is 0.303 e. The summed E-state index contributed by atoms with van der Waals surface area (Å²) < 4.78 is 5.76. The molecule has 0 radical (unpaired) electrons. The number of benzene rings is 1. The monoisotopic (exact) mass is 369 g/mol. The summed E-state index contributed by atoms with van der Waals surface area (Å²) in [4.78, 5) is 35.0. The van der Waals surface area contributed by atoms with Crippen LogP contribution in [0.15, 0.2) is 22.7 Å². The van der Waals surface area contributed by atoms with Crippen LogP contribution >= 0.6 is 15.9 Å². The predicted molar refractivity (Wildman–Crippen MR) is 81.9 cm³/mol. The Hall–Kier alpha value is -1.89. The molecule has 0 spiro atoms. The molecule has 2 rings (SSSR count). The van der Waals surface area contributed by atoms with Crippen LogP contribution in [0.4, 0.5) is 0 Å². The van der Waals surface area contributed by atoms with Crippen LogP contribution in [0.25, 0.3) is 0 Å². The van der Waals surface area contributed by atoms with Gasteiger partial charge in [-0.25, -0.2) is 0 Å². The van der Waals surface area contributed by atoms with Crippen molar-refractivity contribution in [1.82, 2.24) is 5.32 Å². The molecule has 22 heavy (non-hydrogen) atoms. The highest BCUT2D eigenvalue weighted by atomic mass is 79.9. The Morgan fingerprint density at radius 2 is 2.09 bits per heavy atom. The normalized spacial score (nSPS) is 19.9. The van der Waals surface area contributed by atoms with Crippen molar-refractivity contribution >= 4 is 33.6 Å². The molecular formula is C15H16BrNO5. The van der Waals surface area contributed by atoms with Crippen LogP contribution in [0.5, 0.6) is 5.75 Å². The van der Waals surface area contributed by atoms with Crippen LogP contribution in [0, 0.1) is 5.92 Å². The molecule has 118 valence electrons.